The van der Waals surface area contributed by atoms with Gasteiger partial charge in [0.2, 0.25) is 0 Å². The SMILES string of the molecule is COC(=O)c1sc(N(C)Cc2ccccc2)nc1C. The van der Waals surface area contributed by atoms with Crippen molar-refractivity contribution in [2.45, 2.75) is 13.5 Å². The number of hydrogen-bond acceptors (Lipinski definition) is 5. The molecule has 19 heavy (non-hydrogen) atoms. The van der Waals surface area contributed by atoms with Crippen LogP contribution in [-0.2, 0) is 11.3 Å². The summed E-state index contributed by atoms with van der Waals surface area (Å²) in [5.74, 6) is -0.325. The van der Waals surface area contributed by atoms with E-state index >= 15 is 0 Å². The lowest BCUT2D eigenvalue weighted by Gasteiger charge is -2.15. The second-order valence-corrected chi connectivity index (χ2v) is 5.22. The lowest BCUT2D eigenvalue weighted by Crippen LogP contribution is -2.15. The number of anilines is 1. The van der Waals surface area contributed by atoms with Gasteiger partial charge in [0.1, 0.15) is 4.88 Å². The van der Waals surface area contributed by atoms with Crippen LogP contribution in [0.3, 0.4) is 0 Å². The molecule has 0 unspecified atom stereocenters. The summed E-state index contributed by atoms with van der Waals surface area (Å²) in [6.45, 7) is 2.58. The average Bonchev–Trinajstić information content (AvgIpc) is 2.81. The molecule has 0 saturated heterocycles. The van der Waals surface area contributed by atoms with Crippen LogP contribution in [0.2, 0.25) is 0 Å². The number of ether oxygens (including phenoxy) is 1. The number of benzene rings is 1. The maximum Gasteiger partial charge on any atom is 0.350 e. The van der Waals surface area contributed by atoms with Gasteiger partial charge in [0.15, 0.2) is 5.13 Å². The Morgan fingerprint density at radius 3 is 2.68 bits per heavy atom. The average molecular weight is 276 g/mol. The molecule has 100 valence electrons. The Kier molecular flexibility index (Phi) is 4.16. The number of thiazole rings is 1. The zero-order valence-corrected chi connectivity index (χ0v) is 12.0. The Bertz CT molecular complexity index is 566. The van der Waals surface area contributed by atoms with E-state index in [9.17, 15) is 4.79 Å². The second-order valence-electron chi connectivity index (χ2n) is 4.24. The third-order valence-corrected chi connectivity index (χ3v) is 4.00. The summed E-state index contributed by atoms with van der Waals surface area (Å²) in [7, 11) is 3.35. The minimum absolute atomic E-state index is 0.325. The second kappa shape index (κ2) is 5.84. The molecule has 0 fully saturated rings. The molecule has 1 aromatic carbocycles. The molecule has 0 radical (unpaired) electrons. The van der Waals surface area contributed by atoms with Crippen molar-refractivity contribution in [3.8, 4) is 0 Å². The molecule has 0 bridgehead atoms. The van der Waals surface area contributed by atoms with Crippen molar-refractivity contribution in [2.24, 2.45) is 0 Å². The van der Waals surface area contributed by atoms with Crippen LogP contribution in [0.5, 0.6) is 0 Å². The molecule has 2 rings (SSSR count). The standard InChI is InChI=1S/C14H16N2O2S/c1-10-12(13(17)18-3)19-14(15-10)16(2)9-11-7-5-4-6-8-11/h4-8H,9H2,1-3H3. The Labute approximate surface area is 116 Å². The number of carbonyl (C=O) groups excluding carboxylic acids is 1. The Morgan fingerprint density at radius 1 is 1.37 bits per heavy atom. The van der Waals surface area contributed by atoms with Crippen molar-refractivity contribution in [2.75, 3.05) is 19.1 Å². The molecule has 2 aromatic rings. The van der Waals surface area contributed by atoms with Crippen molar-refractivity contribution >= 4 is 22.4 Å². The summed E-state index contributed by atoms with van der Waals surface area (Å²) in [5, 5.41) is 0.821. The molecule has 0 aliphatic carbocycles. The number of methoxy groups -OCH3 is 1. The van der Waals surface area contributed by atoms with Crippen molar-refractivity contribution < 1.29 is 9.53 Å². The molecule has 0 atom stereocenters. The van der Waals surface area contributed by atoms with Crippen LogP contribution in [-0.4, -0.2) is 25.1 Å². The topological polar surface area (TPSA) is 42.4 Å². The summed E-state index contributed by atoms with van der Waals surface area (Å²) in [5.41, 5.74) is 1.92. The van der Waals surface area contributed by atoms with Crippen LogP contribution < -0.4 is 4.90 Å². The van der Waals surface area contributed by atoms with Gasteiger partial charge in [-0.25, -0.2) is 9.78 Å². The fourth-order valence-corrected chi connectivity index (χ4v) is 2.70. The molecule has 5 heteroatoms. The van der Waals surface area contributed by atoms with E-state index in [-0.39, 0.29) is 5.97 Å². The lowest BCUT2D eigenvalue weighted by molar-refractivity contribution is 0.0605. The highest BCUT2D eigenvalue weighted by Crippen LogP contribution is 2.26. The van der Waals surface area contributed by atoms with E-state index in [4.69, 9.17) is 4.74 Å². The van der Waals surface area contributed by atoms with Gasteiger partial charge in [-0.2, -0.15) is 0 Å². The number of aromatic nitrogens is 1. The van der Waals surface area contributed by atoms with Crippen LogP contribution in [0.1, 0.15) is 20.9 Å². The quantitative estimate of drug-likeness (QED) is 0.805. The third kappa shape index (κ3) is 3.12. The highest BCUT2D eigenvalue weighted by molar-refractivity contribution is 7.17. The Hall–Kier alpha value is -1.88. The molecule has 0 amide bonds. The molecular formula is C14H16N2O2S. The van der Waals surface area contributed by atoms with Crippen molar-refractivity contribution in [1.29, 1.82) is 0 Å². The van der Waals surface area contributed by atoms with E-state index in [1.165, 1.54) is 24.0 Å². The van der Waals surface area contributed by atoms with Gasteiger partial charge in [-0.3, -0.25) is 0 Å². The van der Waals surface area contributed by atoms with Crippen molar-refractivity contribution in [3.05, 3.63) is 46.5 Å². The van der Waals surface area contributed by atoms with Gasteiger partial charge in [0.05, 0.1) is 12.8 Å². The summed E-state index contributed by atoms with van der Waals surface area (Å²) < 4.78 is 4.74. The Morgan fingerprint density at radius 2 is 2.05 bits per heavy atom. The maximum absolute atomic E-state index is 11.6. The number of rotatable bonds is 4. The van der Waals surface area contributed by atoms with E-state index in [1.807, 2.05) is 37.1 Å². The molecular weight excluding hydrogens is 260 g/mol. The van der Waals surface area contributed by atoms with E-state index in [0.29, 0.717) is 10.6 Å². The normalized spacial score (nSPS) is 10.3. The molecule has 0 aliphatic rings. The molecule has 0 aliphatic heterocycles. The summed E-state index contributed by atoms with van der Waals surface area (Å²) in [6, 6.07) is 10.1. The fourth-order valence-electron chi connectivity index (χ4n) is 1.75. The van der Waals surface area contributed by atoms with Crippen LogP contribution in [0, 0.1) is 6.92 Å². The van der Waals surface area contributed by atoms with Gasteiger partial charge in [0.25, 0.3) is 0 Å². The first-order chi connectivity index (χ1) is 9.11. The zero-order chi connectivity index (χ0) is 13.8. The smallest absolute Gasteiger partial charge is 0.350 e. The first-order valence-corrected chi connectivity index (χ1v) is 6.74. The van der Waals surface area contributed by atoms with Crippen LogP contribution in [0.25, 0.3) is 0 Å². The van der Waals surface area contributed by atoms with Crippen LogP contribution in [0.15, 0.2) is 30.3 Å². The van der Waals surface area contributed by atoms with Gasteiger partial charge >= 0.3 is 5.97 Å². The summed E-state index contributed by atoms with van der Waals surface area (Å²) >= 11 is 1.36. The third-order valence-electron chi connectivity index (χ3n) is 2.75. The largest absolute Gasteiger partial charge is 0.465 e. The number of esters is 1. The van der Waals surface area contributed by atoms with Gasteiger partial charge < -0.3 is 9.64 Å². The monoisotopic (exact) mass is 276 g/mol. The predicted molar refractivity (Wildman–Crippen MR) is 76.7 cm³/mol. The minimum atomic E-state index is -0.325. The van der Waals surface area contributed by atoms with E-state index < -0.39 is 0 Å². The van der Waals surface area contributed by atoms with E-state index in [0.717, 1.165) is 11.7 Å². The molecule has 4 nitrogen and oxygen atoms in total. The number of aryl methyl sites for hydroxylation is 1. The van der Waals surface area contributed by atoms with E-state index in [1.54, 1.807) is 0 Å². The van der Waals surface area contributed by atoms with Crippen molar-refractivity contribution in [1.82, 2.24) is 4.98 Å². The molecule has 0 N–H and O–H groups in total. The number of nitrogens with zero attached hydrogens (tertiary/aromatic N) is 2. The number of hydrogen-bond donors (Lipinski definition) is 0. The van der Waals surface area contributed by atoms with Gasteiger partial charge in [-0.1, -0.05) is 41.7 Å². The van der Waals surface area contributed by atoms with E-state index in [2.05, 4.69) is 17.1 Å². The minimum Gasteiger partial charge on any atom is -0.465 e. The van der Waals surface area contributed by atoms with Crippen LogP contribution >= 0.6 is 11.3 Å². The lowest BCUT2D eigenvalue weighted by atomic mass is 10.2. The van der Waals surface area contributed by atoms with Gasteiger partial charge in [0, 0.05) is 13.6 Å². The molecule has 0 saturated carbocycles. The van der Waals surface area contributed by atoms with Crippen LogP contribution in [0.4, 0.5) is 5.13 Å². The molecule has 0 spiro atoms. The molecule has 1 heterocycles. The number of carbonyl (C=O) groups is 1. The summed E-state index contributed by atoms with van der Waals surface area (Å²) in [4.78, 5) is 18.6. The highest BCUT2D eigenvalue weighted by Gasteiger charge is 2.17. The predicted octanol–water partition coefficient (Wildman–Crippen LogP) is 2.87. The Balaban J connectivity index is 2.16. The zero-order valence-electron chi connectivity index (χ0n) is 11.2. The highest BCUT2D eigenvalue weighted by atomic mass is 32.1. The van der Waals surface area contributed by atoms with Gasteiger partial charge in [-0.05, 0) is 12.5 Å². The first-order valence-electron chi connectivity index (χ1n) is 5.92. The maximum atomic E-state index is 11.6. The summed E-state index contributed by atoms with van der Waals surface area (Å²) in [6.07, 6.45) is 0. The van der Waals surface area contributed by atoms with Gasteiger partial charge in [-0.15, -0.1) is 0 Å². The molecule has 1 aromatic heterocycles. The first kappa shape index (κ1) is 13.5. The fraction of sp³-hybridized carbons (Fsp3) is 0.286. The van der Waals surface area contributed by atoms with Crippen molar-refractivity contribution in [3.63, 3.8) is 0 Å².